The first-order valence-electron chi connectivity index (χ1n) is 6.25. The molecule has 0 radical (unpaired) electrons. The summed E-state index contributed by atoms with van der Waals surface area (Å²) >= 11 is 0. The Balaban J connectivity index is 2.45. The third kappa shape index (κ3) is 3.12. The minimum Gasteiger partial charge on any atom is -0.480 e. The van der Waals surface area contributed by atoms with Gasteiger partial charge in [-0.2, -0.15) is 4.31 Å². The highest BCUT2D eigenvalue weighted by atomic mass is 32.2. The molecule has 0 aliphatic carbocycles. The van der Waals surface area contributed by atoms with Crippen molar-refractivity contribution < 1.29 is 18.3 Å². The fourth-order valence-electron chi connectivity index (χ4n) is 2.04. The molecule has 2 aromatic carbocycles. The number of sulfonamides is 1. The molecule has 6 heteroatoms. The molecule has 2 aromatic rings. The van der Waals surface area contributed by atoms with Gasteiger partial charge in [0.05, 0.1) is 4.90 Å². The molecule has 0 aromatic heterocycles. The summed E-state index contributed by atoms with van der Waals surface area (Å²) in [6, 6.07) is 14.8. The summed E-state index contributed by atoms with van der Waals surface area (Å²) in [5.41, 5.74) is 0.409. The molecule has 0 saturated carbocycles. The van der Waals surface area contributed by atoms with E-state index in [4.69, 9.17) is 0 Å². The van der Waals surface area contributed by atoms with Gasteiger partial charge in [0.2, 0.25) is 10.0 Å². The van der Waals surface area contributed by atoms with Crippen LogP contribution in [-0.2, 0) is 14.8 Å². The molecule has 0 amide bonds. The number of carboxylic acids is 1. The summed E-state index contributed by atoms with van der Waals surface area (Å²) in [6.07, 6.45) is 0. The standard InChI is InChI=1S/C15H15NO4S/c1-16(21(19,20)13-10-6-3-7-11-13)14(15(17)18)12-8-4-2-5-9-12/h2-11,14H,1H3,(H,17,18). The number of carbonyl (C=O) groups is 1. The van der Waals surface area contributed by atoms with Gasteiger partial charge in [-0.3, -0.25) is 4.79 Å². The van der Waals surface area contributed by atoms with Crippen LogP contribution >= 0.6 is 0 Å². The van der Waals surface area contributed by atoms with Crippen molar-refractivity contribution in [3.8, 4) is 0 Å². The molecule has 0 aliphatic heterocycles. The first-order valence-corrected chi connectivity index (χ1v) is 7.69. The van der Waals surface area contributed by atoms with E-state index in [1.807, 2.05) is 0 Å². The van der Waals surface area contributed by atoms with Crippen molar-refractivity contribution in [2.45, 2.75) is 10.9 Å². The number of aliphatic carboxylic acids is 1. The summed E-state index contributed by atoms with van der Waals surface area (Å²) in [7, 11) is -2.61. The lowest BCUT2D eigenvalue weighted by atomic mass is 10.1. The number of nitrogens with zero attached hydrogens (tertiary/aromatic N) is 1. The molecule has 0 aliphatic rings. The van der Waals surface area contributed by atoms with Gasteiger partial charge in [0.25, 0.3) is 0 Å². The van der Waals surface area contributed by atoms with Gasteiger partial charge >= 0.3 is 5.97 Å². The number of rotatable bonds is 5. The van der Waals surface area contributed by atoms with E-state index in [0.29, 0.717) is 5.56 Å². The van der Waals surface area contributed by atoms with Crippen molar-refractivity contribution in [1.29, 1.82) is 0 Å². The Kier molecular flexibility index (Phi) is 4.40. The van der Waals surface area contributed by atoms with E-state index in [-0.39, 0.29) is 4.90 Å². The number of carboxylic acid groups (broad SMARTS) is 1. The van der Waals surface area contributed by atoms with Gasteiger partial charge in [-0.1, -0.05) is 48.5 Å². The predicted octanol–water partition coefficient (Wildman–Crippen LogP) is 2.13. The fourth-order valence-corrected chi connectivity index (χ4v) is 3.36. The monoisotopic (exact) mass is 305 g/mol. The zero-order valence-electron chi connectivity index (χ0n) is 11.4. The SMILES string of the molecule is CN(C(C(=O)O)c1ccccc1)S(=O)(=O)c1ccccc1. The Labute approximate surface area is 123 Å². The van der Waals surface area contributed by atoms with Gasteiger partial charge in [-0.15, -0.1) is 0 Å². The maximum Gasteiger partial charge on any atom is 0.326 e. The van der Waals surface area contributed by atoms with Crippen molar-refractivity contribution in [3.63, 3.8) is 0 Å². The first kappa shape index (κ1) is 15.2. The van der Waals surface area contributed by atoms with E-state index in [2.05, 4.69) is 0 Å². The molecule has 0 spiro atoms. The van der Waals surface area contributed by atoms with E-state index in [1.165, 1.54) is 19.2 Å². The minimum absolute atomic E-state index is 0.0645. The van der Waals surface area contributed by atoms with E-state index < -0.39 is 22.0 Å². The third-order valence-corrected chi connectivity index (χ3v) is 4.97. The minimum atomic E-state index is -3.88. The van der Waals surface area contributed by atoms with Gasteiger partial charge < -0.3 is 5.11 Å². The van der Waals surface area contributed by atoms with Crippen molar-refractivity contribution >= 4 is 16.0 Å². The van der Waals surface area contributed by atoms with Crippen LogP contribution in [0.25, 0.3) is 0 Å². The van der Waals surface area contributed by atoms with Crippen LogP contribution in [0, 0.1) is 0 Å². The maximum absolute atomic E-state index is 12.5. The molecule has 110 valence electrons. The molecule has 21 heavy (non-hydrogen) atoms. The Bertz CT molecular complexity index is 714. The Morgan fingerprint density at radius 1 is 1.00 bits per heavy atom. The van der Waals surface area contributed by atoms with E-state index in [1.54, 1.807) is 48.5 Å². The molecular formula is C15H15NO4S. The van der Waals surface area contributed by atoms with E-state index in [0.717, 1.165) is 4.31 Å². The second kappa shape index (κ2) is 6.07. The van der Waals surface area contributed by atoms with Crippen LogP contribution in [0.1, 0.15) is 11.6 Å². The topological polar surface area (TPSA) is 74.7 Å². The highest BCUT2D eigenvalue weighted by Crippen LogP contribution is 2.26. The van der Waals surface area contributed by atoms with Crippen LogP contribution < -0.4 is 0 Å². The van der Waals surface area contributed by atoms with Gasteiger partial charge in [-0.25, -0.2) is 8.42 Å². The third-order valence-electron chi connectivity index (χ3n) is 3.13. The maximum atomic E-state index is 12.5. The second-order valence-corrected chi connectivity index (χ2v) is 6.48. The fraction of sp³-hybridized carbons (Fsp3) is 0.133. The molecule has 1 atom stereocenters. The van der Waals surface area contributed by atoms with Crippen molar-refractivity contribution in [2.24, 2.45) is 0 Å². The Morgan fingerprint density at radius 3 is 1.95 bits per heavy atom. The molecule has 1 unspecified atom stereocenters. The lowest BCUT2D eigenvalue weighted by Crippen LogP contribution is -2.35. The zero-order chi connectivity index (χ0) is 15.5. The zero-order valence-corrected chi connectivity index (χ0v) is 12.2. The number of hydrogen-bond donors (Lipinski definition) is 1. The summed E-state index contributed by atoms with van der Waals surface area (Å²) in [4.78, 5) is 11.6. The van der Waals surface area contributed by atoms with Crippen LogP contribution in [0.3, 0.4) is 0 Å². The molecule has 0 fully saturated rings. The summed E-state index contributed by atoms with van der Waals surface area (Å²) < 4.78 is 25.9. The summed E-state index contributed by atoms with van der Waals surface area (Å²) in [5.74, 6) is -1.22. The van der Waals surface area contributed by atoms with Crippen molar-refractivity contribution in [2.75, 3.05) is 7.05 Å². The number of likely N-dealkylation sites (N-methyl/N-ethyl adjacent to an activating group) is 1. The molecule has 0 bridgehead atoms. The Morgan fingerprint density at radius 2 is 1.48 bits per heavy atom. The average molecular weight is 305 g/mol. The summed E-state index contributed by atoms with van der Waals surface area (Å²) in [6.45, 7) is 0. The van der Waals surface area contributed by atoms with E-state index >= 15 is 0 Å². The highest BCUT2D eigenvalue weighted by molar-refractivity contribution is 7.89. The lowest BCUT2D eigenvalue weighted by Gasteiger charge is -2.24. The average Bonchev–Trinajstić information content (AvgIpc) is 2.49. The van der Waals surface area contributed by atoms with Gasteiger partial charge in [0.1, 0.15) is 6.04 Å². The van der Waals surface area contributed by atoms with Gasteiger partial charge in [0, 0.05) is 7.05 Å². The molecule has 0 saturated heterocycles. The molecule has 2 rings (SSSR count). The molecule has 5 nitrogen and oxygen atoms in total. The van der Waals surface area contributed by atoms with Crippen LogP contribution in [0.15, 0.2) is 65.6 Å². The number of benzene rings is 2. The predicted molar refractivity (Wildman–Crippen MR) is 78.2 cm³/mol. The largest absolute Gasteiger partial charge is 0.480 e. The quantitative estimate of drug-likeness (QED) is 0.918. The smallest absolute Gasteiger partial charge is 0.326 e. The first-order chi connectivity index (χ1) is 9.94. The van der Waals surface area contributed by atoms with Crippen LogP contribution in [-0.4, -0.2) is 30.8 Å². The summed E-state index contributed by atoms with van der Waals surface area (Å²) in [5, 5.41) is 9.40. The van der Waals surface area contributed by atoms with Crippen LogP contribution in [0.2, 0.25) is 0 Å². The number of hydrogen-bond acceptors (Lipinski definition) is 3. The van der Waals surface area contributed by atoms with Gasteiger partial charge in [-0.05, 0) is 17.7 Å². The lowest BCUT2D eigenvalue weighted by molar-refractivity contribution is -0.141. The second-order valence-electron chi connectivity index (χ2n) is 4.49. The van der Waals surface area contributed by atoms with Crippen LogP contribution in [0.4, 0.5) is 0 Å². The molecule has 1 N–H and O–H groups in total. The Hall–Kier alpha value is -2.18. The molecule has 0 heterocycles. The van der Waals surface area contributed by atoms with Crippen molar-refractivity contribution in [3.05, 3.63) is 66.2 Å². The normalized spacial score (nSPS) is 13.0. The molecular weight excluding hydrogens is 290 g/mol. The highest BCUT2D eigenvalue weighted by Gasteiger charge is 2.33. The van der Waals surface area contributed by atoms with Crippen LogP contribution in [0.5, 0.6) is 0 Å². The van der Waals surface area contributed by atoms with E-state index in [9.17, 15) is 18.3 Å². The van der Waals surface area contributed by atoms with Gasteiger partial charge in [0.15, 0.2) is 0 Å². The van der Waals surface area contributed by atoms with Crippen molar-refractivity contribution in [1.82, 2.24) is 4.31 Å².